The molecule has 1 aliphatic rings. The number of aryl methyl sites for hydroxylation is 1. The van der Waals surface area contributed by atoms with Gasteiger partial charge in [-0.1, -0.05) is 17.7 Å². The van der Waals surface area contributed by atoms with Gasteiger partial charge in [-0.05, 0) is 36.6 Å². The molecule has 0 saturated carbocycles. The SMILES string of the molecule is COc1ccc2c(c1Cl)CNCCC2. The van der Waals surface area contributed by atoms with Gasteiger partial charge >= 0.3 is 0 Å². The van der Waals surface area contributed by atoms with E-state index in [1.54, 1.807) is 7.11 Å². The Morgan fingerprint density at radius 2 is 2.29 bits per heavy atom. The Morgan fingerprint density at radius 1 is 1.43 bits per heavy atom. The number of hydrogen-bond donors (Lipinski definition) is 1. The third-order valence-electron chi connectivity index (χ3n) is 2.63. The molecule has 1 heterocycles. The first-order valence-electron chi connectivity index (χ1n) is 4.88. The third kappa shape index (κ3) is 1.72. The van der Waals surface area contributed by atoms with Crippen LogP contribution in [0.3, 0.4) is 0 Å². The molecule has 0 bridgehead atoms. The maximum atomic E-state index is 6.23. The van der Waals surface area contributed by atoms with E-state index in [0.29, 0.717) is 0 Å². The standard InChI is InChI=1S/C11H14ClNO/c1-14-10-5-4-8-3-2-6-13-7-9(8)11(10)12/h4-5,13H,2-3,6-7H2,1H3. The molecule has 14 heavy (non-hydrogen) atoms. The van der Waals surface area contributed by atoms with Crippen LogP contribution in [0.25, 0.3) is 0 Å². The number of rotatable bonds is 1. The predicted molar refractivity (Wildman–Crippen MR) is 58.0 cm³/mol. The highest BCUT2D eigenvalue weighted by Gasteiger charge is 2.13. The van der Waals surface area contributed by atoms with E-state index < -0.39 is 0 Å². The summed E-state index contributed by atoms with van der Waals surface area (Å²) < 4.78 is 5.19. The Morgan fingerprint density at radius 3 is 3.07 bits per heavy atom. The zero-order chi connectivity index (χ0) is 9.97. The van der Waals surface area contributed by atoms with Crippen molar-refractivity contribution >= 4 is 11.6 Å². The second-order valence-electron chi connectivity index (χ2n) is 3.50. The van der Waals surface area contributed by atoms with Gasteiger partial charge in [0.1, 0.15) is 5.75 Å². The first-order valence-corrected chi connectivity index (χ1v) is 5.25. The molecule has 0 atom stereocenters. The average molecular weight is 212 g/mol. The third-order valence-corrected chi connectivity index (χ3v) is 3.04. The minimum absolute atomic E-state index is 0.763. The largest absolute Gasteiger partial charge is 0.495 e. The lowest BCUT2D eigenvalue weighted by molar-refractivity contribution is 0.414. The van der Waals surface area contributed by atoms with Crippen molar-refractivity contribution in [3.05, 3.63) is 28.3 Å². The van der Waals surface area contributed by atoms with Gasteiger partial charge in [0.15, 0.2) is 0 Å². The maximum absolute atomic E-state index is 6.23. The number of methoxy groups -OCH3 is 1. The topological polar surface area (TPSA) is 21.3 Å². The van der Waals surface area contributed by atoms with Crippen LogP contribution < -0.4 is 10.1 Å². The molecule has 0 fully saturated rings. The zero-order valence-corrected chi connectivity index (χ0v) is 9.03. The summed E-state index contributed by atoms with van der Waals surface area (Å²) in [6.45, 7) is 1.92. The predicted octanol–water partition coefficient (Wildman–Crippen LogP) is 2.38. The molecule has 3 heteroatoms. The van der Waals surface area contributed by atoms with Gasteiger partial charge in [0.05, 0.1) is 12.1 Å². The Balaban J connectivity index is 2.44. The minimum Gasteiger partial charge on any atom is -0.495 e. The van der Waals surface area contributed by atoms with E-state index >= 15 is 0 Å². The Hall–Kier alpha value is -0.730. The maximum Gasteiger partial charge on any atom is 0.137 e. The lowest BCUT2D eigenvalue weighted by Crippen LogP contribution is -2.12. The van der Waals surface area contributed by atoms with Crippen LogP contribution >= 0.6 is 11.6 Å². The fourth-order valence-electron chi connectivity index (χ4n) is 1.84. The van der Waals surface area contributed by atoms with Crippen LogP contribution in [-0.4, -0.2) is 13.7 Å². The zero-order valence-electron chi connectivity index (χ0n) is 8.27. The van der Waals surface area contributed by atoms with Gasteiger partial charge < -0.3 is 10.1 Å². The van der Waals surface area contributed by atoms with Crippen molar-refractivity contribution < 1.29 is 4.74 Å². The highest BCUT2D eigenvalue weighted by Crippen LogP contribution is 2.31. The summed E-state index contributed by atoms with van der Waals surface area (Å²) in [5.74, 6) is 0.772. The first kappa shape index (κ1) is 9.81. The van der Waals surface area contributed by atoms with E-state index in [1.807, 2.05) is 6.07 Å². The fourth-order valence-corrected chi connectivity index (χ4v) is 2.17. The summed E-state index contributed by atoms with van der Waals surface area (Å²) in [4.78, 5) is 0. The van der Waals surface area contributed by atoms with E-state index in [1.165, 1.54) is 17.5 Å². The second kappa shape index (κ2) is 4.20. The van der Waals surface area contributed by atoms with Crippen LogP contribution in [-0.2, 0) is 13.0 Å². The van der Waals surface area contributed by atoms with Gasteiger partial charge in [-0.3, -0.25) is 0 Å². The van der Waals surface area contributed by atoms with Crippen molar-refractivity contribution in [1.82, 2.24) is 5.32 Å². The fraction of sp³-hybridized carbons (Fsp3) is 0.455. The molecule has 2 rings (SSSR count). The molecule has 1 aromatic rings. The Kier molecular flexibility index (Phi) is 2.94. The Labute approximate surface area is 89.2 Å². The van der Waals surface area contributed by atoms with Crippen LogP contribution in [0, 0.1) is 0 Å². The van der Waals surface area contributed by atoms with Crippen molar-refractivity contribution in [3.8, 4) is 5.75 Å². The molecular formula is C11H14ClNO. The van der Waals surface area contributed by atoms with Gasteiger partial charge in [-0.2, -0.15) is 0 Å². The summed E-state index contributed by atoms with van der Waals surface area (Å²) in [7, 11) is 1.65. The van der Waals surface area contributed by atoms with E-state index in [4.69, 9.17) is 16.3 Å². The highest BCUT2D eigenvalue weighted by atomic mass is 35.5. The van der Waals surface area contributed by atoms with Crippen molar-refractivity contribution in [3.63, 3.8) is 0 Å². The summed E-state index contributed by atoms with van der Waals surface area (Å²) in [5.41, 5.74) is 2.55. The van der Waals surface area contributed by atoms with Crippen molar-refractivity contribution in [2.45, 2.75) is 19.4 Å². The molecule has 0 radical (unpaired) electrons. The second-order valence-corrected chi connectivity index (χ2v) is 3.88. The van der Waals surface area contributed by atoms with Gasteiger partial charge in [0.25, 0.3) is 0 Å². The van der Waals surface area contributed by atoms with Crippen LogP contribution in [0.1, 0.15) is 17.5 Å². The molecule has 0 aromatic heterocycles. The minimum atomic E-state index is 0.763. The number of halogens is 1. The quantitative estimate of drug-likeness (QED) is 0.770. The van der Waals surface area contributed by atoms with E-state index in [2.05, 4.69) is 11.4 Å². The highest BCUT2D eigenvalue weighted by molar-refractivity contribution is 6.33. The molecule has 2 nitrogen and oxygen atoms in total. The molecular weight excluding hydrogens is 198 g/mol. The number of hydrogen-bond acceptors (Lipinski definition) is 2. The molecule has 76 valence electrons. The first-order chi connectivity index (χ1) is 6.83. The molecule has 0 spiro atoms. The summed E-state index contributed by atoms with van der Waals surface area (Å²) in [5, 5.41) is 4.12. The molecule has 0 saturated heterocycles. The van der Waals surface area contributed by atoms with Gasteiger partial charge in [-0.25, -0.2) is 0 Å². The van der Waals surface area contributed by atoms with E-state index in [9.17, 15) is 0 Å². The van der Waals surface area contributed by atoms with Crippen molar-refractivity contribution in [1.29, 1.82) is 0 Å². The molecule has 1 N–H and O–H groups in total. The van der Waals surface area contributed by atoms with Crippen LogP contribution in [0.5, 0.6) is 5.75 Å². The van der Waals surface area contributed by atoms with Gasteiger partial charge in [0, 0.05) is 6.54 Å². The monoisotopic (exact) mass is 211 g/mol. The Bertz CT molecular complexity index is 338. The molecule has 1 aliphatic heterocycles. The number of ether oxygens (including phenoxy) is 1. The van der Waals surface area contributed by atoms with Crippen molar-refractivity contribution in [2.24, 2.45) is 0 Å². The van der Waals surface area contributed by atoms with Crippen molar-refractivity contribution in [2.75, 3.05) is 13.7 Å². The summed E-state index contributed by atoms with van der Waals surface area (Å²) in [6.07, 6.45) is 2.28. The lowest BCUT2D eigenvalue weighted by atomic mass is 10.0. The number of nitrogens with one attached hydrogen (secondary N) is 1. The molecule has 0 unspecified atom stereocenters. The van der Waals surface area contributed by atoms with Gasteiger partial charge in [-0.15, -0.1) is 0 Å². The van der Waals surface area contributed by atoms with Crippen LogP contribution in [0.2, 0.25) is 5.02 Å². The molecule has 0 amide bonds. The molecule has 1 aromatic carbocycles. The summed E-state index contributed by atoms with van der Waals surface area (Å²) >= 11 is 6.23. The van der Waals surface area contributed by atoms with E-state index in [0.717, 1.165) is 30.3 Å². The normalized spacial score (nSPS) is 15.9. The number of benzene rings is 1. The smallest absolute Gasteiger partial charge is 0.137 e. The van der Waals surface area contributed by atoms with Crippen LogP contribution in [0.15, 0.2) is 12.1 Å². The average Bonchev–Trinajstić information content (AvgIpc) is 2.44. The van der Waals surface area contributed by atoms with E-state index in [-0.39, 0.29) is 0 Å². The molecule has 0 aliphatic carbocycles. The van der Waals surface area contributed by atoms with Crippen LogP contribution in [0.4, 0.5) is 0 Å². The summed E-state index contributed by atoms with van der Waals surface area (Å²) in [6, 6.07) is 4.07. The number of fused-ring (bicyclic) bond motifs is 1. The lowest BCUT2D eigenvalue weighted by Gasteiger charge is -2.11. The van der Waals surface area contributed by atoms with Gasteiger partial charge in [0.2, 0.25) is 0 Å².